The molecule has 1 fully saturated rings. The Balaban J connectivity index is 1.82. The maximum atomic E-state index is 5.20. The van der Waals surface area contributed by atoms with Gasteiger partial charge in [0.25, 0.3) is 0 Å². The molecule has 2 rings (SSSR count). The third-order valence-corrected chi connectivity index (χ3v) is 3.37. The van der Waals surface area contributed by atoms with Gasteiger partial charge >= 0.3 is 0 Å². The molecule has 1 aromatic rings. The number of rotatable bonds is 3. The fraction of sp³-hybridized carbons (Fsp3) is 0.556. The zero-order valence-electron chi connectivity index (χ0n) is 7.08. The highest BCUT2D eigenvalue weighted by atomic mass is 32.2. The van der Waals surface area contributed by atoms with Gasteiger partial charge in [-0.05, 0) is 13.0 Å². The summed E-state index contributed by atoms with van der Waals surface area (Å²) in [6.45, 7) is 3.87. The Labute approximate surface area is 76.3 Å². The van der Waals surface area contributed by atoms with E-state index in [1.165, 1.54) is 4.90 Å². The predicted molar refractivity (Wildman–Crippen MR) is 48.5 cm³/mol. The second-order valence-corrected chi connectivity index (χ2v) is 4.12. The first kappa shape index (κ1) is 8.20. The molecule has 66 valence electrons. The lowest BCUT2D eigenvalue weighted by molar-refractivity contribution is -0.0196. The standard InChI is InChI=1S/C9H12O2S/c1-7-9(2-3-11-7)12-6-8-4-10-5-8/h2-3,8H,4-6H2,1H3. The van der Waals surface area contributed by atoms with Gasteiger partial charge in [0.15, 0.2) is 0 Å². The molecule has 0 atom stereocenters. The lowest BCUT2D eigenvalue weighted by Crippen LogP contribution is -2.29. The summed E-state index contributed by atoms with van der Waals surface area (Å²) < 4.78 is 10.3. The molecule has 0 aromatic carbocycles. The van der Waals surface area contributed by atoms with E-state index in [-0.39, 0.29) is 0 Å². The third kappa shape index (κ3) is 1.67. The fourth-order valence-electron chi connectivity index (χ4n) is 1.11. The maximum absolute atomic E-state index is 5.20. The van der Waals surface area contributed by atoms with Crippen molar-refractivity contribution < 1.29 is 9.15 Å². The Kier molecular flexibility index (Phi) is 2.42. The van der Waals surface area contributed by atoms with Gasteiger partial charge in [0, 0.05) is 16.6 Å². The van der Waals surface area contributed by atoms with Crippen molar-refractivity contribution in [2.75, 3.05) is 19.0 Å². The Morgan fingerprint density at radius 1 is 1.58 bits per heavy atom. The van der Waals surface area contributed by atoms with E-state index in [0.29, 0.717) is 0 Å². The van der Waals surface area contributed by atoms with E-state index in [4.69, 9.17) is 9.15 Å². The molecule has 0 aliphatic carbocycles. The Bertz CT molecular complexity index is 253. The van der Waals surface area contributed by atoms with Gasteiger partial charge in [0.1, 0.15) is 5.76 Å². The van der Waals surface area contributed by atoms with Crippen LogP contribution in [-0.2, 0) is 4.74 Å². The molecule has 1 aromatic heterocycles. The van der Waals surface area contributed by atoms with E-state index in [9.17, 15) is 0 Å². The summed E-state index contributed by atoms with van der Waals surface area (Å²) in [5.41, 5.74) is 0. The molecule has 3 heteroatoms. The number of hydrogen-bond acceptors (Lipinski definition) is 3. The smallest absolute Gasteiger partial charge is 0.114 e. The van der Waals surface area contributed by atoms with Crippen molar-refractivity contribution in [3.63, 3.8) is 0 Å². The van der Waals surface area contributed by atoms with Crippen molar-refractivity contribution >= 4 is 11.8 Å². The van der Waals surface area contributed by atoms with E-state index >= 15 is 0 Å². The van der Waals surface area contributed by atoms with Gasteiger partial charge in [-0.3, -0.25) is 0 Å². The Morgan fingerprint density at radius 2 is 2.42 bits per heavy atom. The molecule has 1 aliphatic heterocycles. The summed E-state index contributed by atoms with van der Waals surface area (Å²) >= 11 is 1.86. The first-order valence-electron chi connectivity index (χ1n) is 4.11. The van der Waals surface area contributed by atoms with Crippen molar-refractivity contribution in [3.05, 3.63) is 18.1 Å². The molecule has 0 radical (unpaired) electrons. The molecular formula is C9H12O2S. The molecule has 0 amide bonds. The maximum Gasteiger partial charge on any atom is 0.114 e. The minimum Gasteiger partial charge on any atom is -0.468 e. The summed E-state index contributed by atoms with van der Waals surface area (Å²) in [4.78, 5) is 1.27. The molecular weight excluding hydrogens is 172 g/mol. The SMILES string of the molecule is Cc1occc1SCC1COC1. The largest absolute Gasteiger partial charge is 0.468 e. The van der Waals surface area contributed by atoms with Gasteiger partial charge in [-0.2, -0.15) is 0 Å². The van der Waals surface area contributed by atoms with Crippen LogP contribution < -0.4 is 0 Å². The predicted octanol–water partition coefficient (Wildman–Crippen LogP) is 2.33. The van der Waals surface area contributed by atoms with Crippen LogP contribution >= 0.6 is 11.8 Å². The molecule has 0 spiro atoms. The molecule has 0 saturated carbocycles. The van der Waals surface area contributed by atoms with Crippen LogP contribution in [0.3, 0.4) is 0 Å². The Hall–Kier alpha value is -0.410. The molecule has 2 nitrogen and oxygen atoms in total. The van der Waals surface area contributed by atoms with E-state index in [1.54, 1.807) is 6.26 Å². The number of furan rings is 1. The van der Waals surface area contributed by atoms with Gasteiger partial charge < -0.3 is 9.15 Å². The monoisotopic (exact) mass is 184 g/mol. The lowest BCUT2D eigenvalue weighted by atomic mass is 10.1. The van der Waals surface area contributed by atoms with Gasteiger partial charge in [0.2, 0.25) is 0 Å². The second kappa shape index (κ2) is 3.54. The van der Waals surface area contributed by atoms with Crippen LogP contribution in [0.4, 0.5) is 0 Å². The van der Waals surface area contributed by atoms with Crippen LogP contribution in [0.2, 0.25) is 0 Å². The van der Waals surface area contributed by atoms with E-state index in [0.717, 1.165) is 30.6 Å². The average molecular weight is 184 g/mol. The van der Waals surface area contributed by atoms with Gasteiger partial charge in [-0.25, -0.2) is 0 Å². The van der Waals surface area contributed by atoms with E-state index < -0.39 is 0 Å². The van der Waals surface area contributed by atoms with Crippen molar-refractivity contribution in [1.82, 2.24) is 0 Å². The van der Waals surface area contributed by atoms with E-state index in [2.05, 4.69) is 0 Å². The molecule has 1 saturated heterocycles. The van der Waals surface area contributed by atoms with Crippen LogP contribution in [0.25, 0.3) is 0 Å². The number of thioether (sulfide) groups is 1. The fourth-order valence-corrected chi connectivity index (χ4v) is 2.12. The first-order chi connectivity index (χ1) is 5.86. The van der Waals surface area contributed by atoms with Crippen LogP contribution in [0.5, 0.6) is 0 Å². The highest BCUT2D eigenvalue weighted by Gasteiger charge is 2.18. The normalized spacial score (nSPS) is 17.8. The summed E-state index contributed by atoms with van der Waals surface area (Å²) in [6.07, 6.45) is 1.74. The molecule has 0 unspecified atom stereocenters. The molecule has 0 bridgehead atoms. The topological polar surface area (TPSA) is 22.4 Å². The highest BCUT2D eigenvalue weighted by molar-refractivity contribution is 7.99. The highest BCUT2D eigenvalue weighted by Crippen LogP contribution is 2.27. The lowest BCUT2D eigenvalue weighted by Gasteiger charge is -2.25. The third-order valence-electron chi connectivity index (χ3n) is 1.99. The summed E-state index contributed by atoms with van der Waals surface area (Å²) in [5.74, 6) is 2.94. The summed E-state index contributed by atoms with van der Waals surface area (Å²) in [5, 5.41) is 0. The van der Waals surface area contributed by atoms with E-state index in [1.807, 2.05) is 24.8 Å². The van der Waals surface area contributed by atoms with Crippen molar-refractivity contribution in [2.45, 2.75) is 11.8 Å². The van der Waals surface area contributed by atoms with Crippen molar-refractivity contribution in [1.29, 1.82) is 0 Å². The first-order valence-corrected chi connectivity index (χ1v) is 5.09. The molecule has 1 aliphatic rings. The van der Waals surface area contributed by atoms with Crippen molar-refractivity contribution in [3.8, 4) is 0 Å². The minimum atomic E-state index is 0.754. The quantitative estimate of drug-likeness (QED) is 0.673. The average Bonchev–Trinajstić information content (AvgIpc) is 2.33. The summed E-state index contributed by atoms with van der Waals surface area (Å²) in [6, 6.07) is 2.03. The number of hydrogen-bond donors (Lipinski definition) is 0. The zero-order chi connectivity index (χ0) is 8.39. The van der Waals surface area contributed by atoms with Gasteiger partial charge in [0.05, 0.1) is 19.5 Å². The van der Waals surface area contributed by atoms with Crippen LogP contribution in [0, 0.1) is 12.8 Å². The second-order valence-electron chi connectivity index (χ2n) is 3.06. The molecule has 12 heavy (non-hydrogen) atoms. The van der Waals surface area contributed by atoms with Crippen molar-refractivity contribution in [2.24, 2.45) is 5.92 Å². The number of ether oxygens (including phenoxy) is 1. The Morgan fingerprint density at radius 3 is 2.92 bits per heavy atom. The molecule has 2 heterocycles. The van der Waals surface area contributed by atoms with Gasteiger partial charge in [-0.1, -0.05) is 0 Å². The summed E-state index contributed by atoms with van der Waals surface area (Å²) in [7, 11) is 0. The van der Waals surface area contributed by atoms with Crippen LogP contribution in [-0.4, -0.2) is 19.0 Å². The number of aryl methyl sites for hydroxylation is 1. The minimum absolute atomic E-state index is 0.754. The molecule has 0 N–H and O–H groups in total. The zero-order valence-corrected chi connectivity index (χ0v) is 7.89. The van der Waals surface area contributed by atoms with Gasteiger partial charge in [-0.15, -0.1) is 11.8 Å². The van der Waals surface area contributed by atoms with Crippen LogP contribution in [0.1, 0.15) is 5.76 Å². The van der Waals surface area contributed by atoms with Crippen LogP contribution in [0.15, 0.2) is 21.6 Å².